The highest BCUT2D eigenvalue weighted by Gasteiger charge is 2.26. The first-order valence-corrected chi connectivity index (χ1v) is 8.23. The summed E-state index contributed by atoms with van der Waals surface area (Å²) in [5, 5.41) is 16.8. The van der Waals surface area contributed by atoms with Crippen molar-refractivity contribution in [2.24, 2.45) is 0 Å². The number of benzene rings is 1. The molecule has 0 unspecified atom stereocenters. The number of anilines is 1. The molecule has 0 bridgehead atoms. The third kappa shape index (κ3) is 2.37. The van der Waals surface area contributed by atoms with Crippen LogP contribution >= 0.6 is 11.6 Å². The molecule has 0 spiro atoms. The van der Waals surface area contributed by atoms with Gasteiger partial charge in [-0.15, -0.1) is 10.2 Å². The minimum absolute atomic E-state index is 0.558. The van der Waals surface area contributed by atoms with Crippen LogP contribution in [0.1, 0.15) is 30.3 Å². The number of imidazole rings is 1. The lowest BCUT2D eigenvalue weighted by Gasteiger charge is -2.07. The maximum absolute atomic E-state index is 6.02. The topological polar surface area (TPSA) is 83.8 Å². The fourth-order valence-corrected chi connectivity index (χ4v) is 3.02. The van der Waals surface area contributed by atoms with Crippen molar-refractivity contribution in [2.45, 2.75) is 25.3 Å². The first-order chi connectivity index (χ1) is 11.8. The number of fused-ring (bicyclic) bond motifs is 2. The number of nitrogens with one attached hydrogen (secondary N) is 2. The number of aromatic nitrogens is 6. The molecule has 0 atom stereocenters. The molecule has 2 N–H and O–H groups in total. The minimum Gasteiger partial charge on any atom is -0.375 e. The van der Waals surface area contributed by atoms with Crippen molar-refractivity contribution >= 4 is 34.0 Å². The molecule has 5 rings (SSSR count). The molecule has 0 saturated heterocycles. The van der Waals surface area contributed by atoms with Gasteiger partial charge in [0.1, 0.15) is 12.2 Å². The standard InChI is InChI=1S/C16H14ClN7/c17-10-3-4-11-13(5-10)21-15(20-11)7-18-14-6-12(9-1-2-9)23-24-8-19-22-16(14)24/h3-6,8-9,18H,1-2,7H2,(H,20,21). The Labute approximate surface area is 142 Å². The number of nitrogens with zero attached hydrogens (tertiary/aromatic N) is 5. The zero-order valence-corrected chi connectivity index (χ0v) is 13.5. The van der Waals surface area contributed by atoms with E-state index in [1.807, 2.05) is 18.2 Å². The highest BCUT2D eigenvalue weighted by Crippen LogP contribution is 2.39. The zero-order chi connectivity index (χ0) is 16.1. The van der Waals surface area contributed by atoms with E-state index in [-0.39, 0.29) is 0 Å². The molecule has 1 aliphatic rings. The van der Waals surface area contributed by atoms with Gasteiger partial charge in [0.25, 0.3) is 0 Å². The molecule has 0 amide bonds. The Hall–Kier alpha value is -2.67. The van der Waals surface area contributed by atoms with Crippen molar-refractivity contribution in [1.82, 2.24) is 29.8 Å². The van der Waals surface area contributed by atoms with Crippen LogP contribution in [0.3, 0.4) is 0 Å². The number of halogens is 1. The Morgan fingerprint density at radius 2 is 2.21 bits per heavy atom. The second kappa shape index (κ2) is 5.17. The molecule has 0 radical (unpaired) electrons. The van der Waals surface area contributed by atoms with Crippen molar-refractivity contribution in [1.29, 1.82) is 0 Å². The molecule has 1 fully saturated rings. The van der Waals surface area contributed by atoms with E-state index in [2.05, 4.69) is 36.6 Å². The van der Waals surface area contributed by atoms with Crippen LogP contribution in [0, 0.1) is 0 Å². The molecule has 8 heteroatoms. The average Bonchev–Trinajstić information content (AvgIpc) is 3.18. The van der Waals surface area contributed by atoms with Gasteiger partial charge in [-0.25, -0.2) is 4.98 Å². The zero-order valence-electron chi connectivity index (χ0n) is 12.7. The fraction of sp³-hybridized carbons (Fsp3) is 0.250. The van der Waals surface area contributed by atoms with Crippen LogP contribution in [0.5, 0.6) is 0 Å². The van der Waals surface area contributed by atoms with E-state index in [4.69, 9.17) is 11.6 Å². The highest BCUT2D eigenvalue weighted by molar-refractivity contribution is 6.31. The van der Waals surface area contributed by atoms with E-state index in [0.717, 1.165) is 33.9 Å². The molecule has 1 aliphatic carbocycles. The largest absolute Gasteiger partial charge is 0.375 e. The van der Waals surface area contributed by atoms with Crippen molar-refractivity contribution in [3.63, 3.8) is 0 Å². The summed E-state index contributed by atoms with van der Waals surface area (Å²) in [7, 11) is 0. The van der Waals surface area contributed by atoms with Crippen LogP contribution in [0.25, 0.3) is 16.7 Å². The van der Waals surface area contributed by atoms with E-state index < -0.39 is 0 Å². The first-order valence-electron chi connectivity index (χ1n) is 7.85. The number of aromatic amines is 1. The van der Waals surface area contributed by atoms with Gasteiger partial charge in [-0.1, -0.05) is 11.6 Å². The molecular weight excluding hydrogens is 326 g/mol. The average molecular weight is 340 g/mol. The lowest BCUT2D eigenvalue weighted by atomic mass is 10.2. The summed E-state index contributed by atoms with van der Waals surface area (Å²) in [5.41, 5.74) is 4.56. The van der Waals surface area contributed by atoms with Crippen LogP contribution in [-0.4, -0.2) is 29.8 Å². The molecule has 7 nitrogen and oxygen atoms in total. The maximum atomic E-state index is 6.02. The van der Waals surface area contributed by atoms with E-state index >= 15 is 0 Å². The Morgan fingerprint density at radius 1 is 1.29 bits per heavy atom. The summed E-state index contributed by atoms with van der Waals surface area (Å²) in [5.74, 6) is 1.40. The summed E-state index contributed by atoms with van der Waals surface area (Å²) >= 11 is 6.02. The smallest absolute Gasteiger partial charge is 0.200 e. The van der Waals surface area contributed by atoms with E-state index in [0.29, 0.717) is 17.5 Å². The molecule has 120 valence electrons. The van der Waals surface area contributed by atoms with Gasteiger partial charge in [0.05, 0.1) is 29.0 Å². The molecule has 1 saturated carbocycles. The second-order valence-electron chi connectivity index (χ2n) is 6.05. The summed E-state index contributed by atoms with van der Waals surface area (Å²) in [6, 6.07) is 7.70. The summed E-state index contributed by atoms with van der Waals surface area (Å²) in [4.78, 5) is 7.85. The third-order valence-corrected chi connectivity index (χ3v) is 4.46. The Bertz CT molecular complexity index is 1050. The van der Waals surface area contributed by atoms with Gasteiger partial charge in [0, 0.05) is 10.9 Å². The van der Waals surface area contributed by atoms with Gasteiger partial charge in [-0.05, 0) is 37.1 Å². The quantitative estimate of drug-likeness (QED) is 0.596. The van der Waals surface area contributed by atoms with Crippen molar-refractivity contribution in [3.05, 3.63) is 47.1 Å². The van der Waals surface area contributed by atoms with Crippen molar-refractivity contribution < 1.29 is 0 Å². The van der Waals surface area contributed by atoms with Gasteiger partial charge < -0.3 is 10.3 Å². The lowest BCUT2D eigenvalue weighted by Crippen LogP contribution is -2.06. The Morgan fingerprint density at radius 3 is 3.08 bits per heavy atom. The number of rotatable bonds is 4. The van der Waals surface area contributed by atoms with Gasteiger partial charge in [0.2, 0.25) is 5.65 Å². The molecule has 24 heavy (non-hydrogen) atoms. The molecular formula is C16H14ClN7. The van der Waals surface area contributed by atoms with Crippen LogP contribution < -0.4 is 5.32 Å². The van der Waals surface area contributed by atoms with Gasteiger partial charge in [-0.3, -0.25) is 0 Å². The number of H-pyrrole nitrogens is 1. The Kier molecular flexibility index (Phi) is 2.96. The third-order valence-electron chi connectivity index (χ3n) is 4.22. The van der Waals surface area contributed by atoms with Crippen LogP contribution in [0.4, 0.5) is 5.69 Å². The predicted molar refractivity (Wildman–Crippen MR) is 91.2 cm³/mol. The van der Waals surface area contributed by atoms with Crippen LogP contribution in [-0.2, 0) is 6.54 Å². The molecule has 1 aromatic carbocycles. The van der Waals surface area contributed by atoms with Crippen molar-refractivity contribution in [3.8, 4) is 0 Å². The number of hydrogen-bond donors (Lipinski definition) is 2. The van der Waals surface area contributed by atoms with Gasteiger partial charge in [0.15, 0.2) is 0 Å². The van der Waals surface area contributed by atoms with Gasteiger partial charge in [-0.2, -0.15) is 9.61 Å². The number of hydrogen-bond acceptors (Lipinski definition) is 5. The highest BCUT2D eigenvalue weighted by atomic mass is 35.5. The van der Waals surface area contributed by atoms with Crippen LogP contribution in [0.2, 0.25) is 5.02 Å². The van der Waals surface area contributed by atoms with Crippen LogP contribution in [0.15, 0.2) is 30.6 Å². The summed E-state index contributed by atoms with van der Waals surface area (Å²) < 4.78 is 1.73. The maximum Gasteiger partial charge on any atom is 0.200 e. The minimum atomic E-state index is 0.558. The Balaban J connectivity index is 1.46. The van der Waals surface area contributed by atoms with Gasteiger partial charge >= 0.3 is 0 Å². The fourth-order valence-electron chi connectivity index (χ4n) is 2.85. The predicted octanol–water partition coefficient (Wildman–Crippen LogP) is 3.14. The second-order valence-corrected chi connectivity index (χ2v) is 6.49. The SMILES string of the molecule is Clc1ccc2nc(CNc3cc(C4CC4)nn4cnnc34)[nH]c2c1. The van der Waals surface area contributed by atoms with E-state index in [1.165, 1.54) is 12.8 Å². The molecule has 3 aromatic heterocycles. The van der Waals surface area contributed by atoms with E-state index in [9.17, 15) is 0 Å². The molecule has 0 aliphatic heterocycles. The summed E-state index contributed by atoms with van der Waals surface area (Å²) in [6.45, 7) is 0.558. The normalized spacial score (nSPS) is 14.5. The van der Waals surface area contributed by atoms with Crippen molar-refractivity contribution in [2.75, 3.05) is 5.32 Å². The monoisotopic (exact) mass is 339 g/mol. The molecule has 3 heterocycles. The first kappa shape index (κ1) is 13.7. The lowest BCUT2D eigenvalue weighted by molar-refractivity contribution is 0.849. The van der Waals surface area contributed by atoms with E-state index in [1.54, 1.807) is 10.8 Å². The summed E-state index contributed by atoms with van der Waals surface area (Å²) in [6.07, 6.45) is 4.03. The molecule has 4 aromatic rings.